The van der Waals surface area contributed by atoms with Crippen molar-refractivity contribution in [2.45, 2.75) is 63.6 Å². The third kappa shape index (κ3) is 4.25. The molecule has 3 aliphatic rings. The predicted octanol–water partition coefficient (Wildman–Crippen LogP) is 3.77. The SMILES string of the molecule is COc1ccc(OC)c(CN(C(=O)C2CC3CCCC(C2)C3N)C2CC2)c1.Cl. The number of halogens is 1. The smallest absolute Gasteiger partial charge is 0.226 e. The first-order valence-electron chi connectivity index (χ1n) is 10.4. The lowest BCUT2D eigenvalue weighted by atomic mass is 9.65. The summed E-state index contributed by atoms with van der Waals surface area (Å²) in [7, 11) is 3.34. The Labute approximate surface area is 174 Å². The second-order valence-electron chi connectivity index (χ2n) is 8.57. The molecule has 0 heterocycles. The van der Waals surface area contributed by atoms with Gasteiger partial charge in [-0.15, -0.1) is 12.4 Å². The van der Waals surface area contributed by atoms with Crippen LogP contribution in [0.15, 0.2) is 18.2 Å². The van der Waals surface area contributed by atoms with E-state index in [1.54, 1.807) is 14.2 Å². The Morgan fingerprint density at radius 1 is 1.11 bits per heavy atom. The number of amides is 1. The summed E-state index contributed by atoms with van der Waals surface area (Å²) in [6.45, 7) is 0.599. The lowest BCUT2D eigenvalue weighted by Crippen LogP contribution is -2.50. The molecule has 0 saturated heterocycles. The number of nitrogens with two attached hydrogens (primary N) is 1. The molecule has 0 aromatic heterocycles. The van der Waals surface area contributed by atoms with Gasteiger partial charge in [-0.05, 0) is 68.6 Å². The quantitative estimate of drug-likeness (QED) is 0.778. The highest BCUT2D eigenvalue weighted by atomic mass is 35.5. The van der Waals surface area contributed by atoms with Gasteiger partial charge >= 0.3 is 0 Å². The van der Waals surface area contributed by atoms with Crippen LogP contribution in [0.3, 0.4) is 0 Å². The highest BCUT2D eigenvalue weighted by molar-refractivity contribution is 5.85. The molecule has 0 spiro atoms. The number of nitrogens with zero attached hydrogens (tertiary/aromatic N) is 1. The van der Waals surface area contributed by atoms with Crippen LogP contribution in [0.5, 0.6) is 11.5 Å². The molecule has 0 radical (unpaired) electrons. The number of carbonyl (C=O) groups is 1. The Bertz CT molecular complexity index is 680. The monoisotopic (exact) mass is 408 g/mol. The Morgan fingerprint density at radius 3 is 2.36 bits per heavy atom. The first-order valence-corrected chi connectivity index (χ1v) is 10.4. The zero-order chi connectivity index (χ0) is 19.0. The van der Waals surface area contributed by atoms with Crippen molar-refractivity contribution in [1.29, 1.82) is 0 Å². The average Bonchev–Trinajstić information content (AvgIpc) is 3.50. The summed E-state index contributed by atoms with van der Waals surface area (Å²) in [6.07, 6.45) is 7.80. The number of benzene rings is 1. The summed E-state index contributed by atoms with van der Waals surface area (Å²) in [5.74, 6) is 3.13. The zero-order valence-corrected chi connectivity index (χ0v) is 17.7. The van der Waals surface area contributed by atoms with E-state index in [-0.39, 0.29) is 18.3 Å². The van der Waals surface area contributed by atoms with E-state index >= 15 is 0 Å². The molecule has 1 amide bonds. The van der Waals surface area contributed by atoms with Crippen LogP contribution in [0.4, 0.5) is 0 Å². The first-order chi connectivity index (χ1) is 13.1. The molecule has 28 heavy (non-hydrogen) atoms. The van der Waals surface area contributed by atoms with E-state index in [1.165, 1.54) is 19.3 Å². The van der Waals surface area contributed by atoms with E-state index in [2.05, 4.69) is 4.90 Å². The predicted molar refractivity (Wildman–Crippen MR) is 112 cm³/mol. The maximum atomic E-state index is 13.5. The molecular weight excluding hydrogens is 376 g/mol. The minimum absolute atomic E-state index is 0. The van der Waals surface area contributed by atoms with E-state index in [0.29, 0.717) is 36.4 Å². The Morgan fingerprint density at radius 2 is 1.79 bits per heavy atom. The van der Waals surface area contributed by atoms with Gasteiger partial charge in [-0.3, -0.25) is 4.79 Å². The van der Waals surface area contributed by atoms with E-state index in [4.69, 9.17) is 15.2 Å². The lowest BCUT2D eigenvalue weighted by molar-refractivity contribution is -0.140. The molecule has 6 heteroatoms. The van der Waals surface area contributed by atoms with Crippen LogP contribution >= 0.6 is 12.4 Å². The number of carbonyl (C=O) groups excluding carboxylic acids is 1. The van der Waals surface area contributed by atoms with E-state index < -0.39 is 0 Å². The summed E-state index contributed by atoms with van der Waals surface area (Å²) in [4.78, 5) is 15.6. The molecule has 3 fully saturated rings. The molecule has 5 nitrogen and oxygen atoms in total. The number of ether oxygens (including phenoxy) is 2. The molecule has 2 atom stereocenters. The second kappa shape index (κ2) is 8.91. The fourth-order valence-corrected chi connectivity index (χ4v) is 5.19. The minimum atomic E-state index is 0. The van der Waals surface area contributed by atoms with Gasteiger partial charge < -0.3 is 20.1 Å². The summed E-state index contributed by atoms with van der Waals surface area (Å²) in [5, 5.41) is 0. The van der Waals surface area contributed by atoms with Gasteiger partial charge in [-0.25, -0.2) is 0 Å². The van der Waals surface area contributed by atoms with Gasteiger partial charge in [0.15, 0.2) is 0 Å². The summed E-state index contributed by atoms with van der Waals surface area (Å²) >= 11 is 0. The Hall–Kier alpha value is -1.46. The number of rotatable bonds is 6. The minimum Gasteiger partial charge on any atom is -0.497 e. The highest BCUT2D eigenvalue weighted by Gasteiger charge is 2.44. The number of hydrogen-bond donors (Lipinski definition) is 1. The van der Waals surface area contributed by atoms with E-state index in [1.807, 2.05) is 18.2 Å². The molecule has 1 aromatic rings. The first kappa shape index (κ1) is 21.3. The standard InChI is InChI=1S/C22H32N2O3.ClH/c1-26-19-8-9-20(27-2)17(12-19)13-24(18-6-7-18)22(25)16-10-14-4-3-5-15(11-16)21(14)23;/h8-9,12,14-16,18,21H,3-7,10-11,13,23H2,1-2H3;1H. The van der Waals surface area contributed by atoms with Crippen molar-refractivity contribution in [3.8, 4) is 11.5 Å². The normalized spacial score (nSPS) is 28.8. The highest BCUT2D eigenvalue weighted by Crippen LogP contribution is 2.43. The van der Waals surface area contributed by atoms with Crippen molar-refractivity contribution in [3.05, 3.63) is 23.8 Å². The molecule has 156 valence electrons. The van der Waals surface area contributed by atoms with Crippen molar-refractivity contribution < 1.29 is 14.3 Å². The topological polar surface area (TPSA) is 64.8 Å². The summed E-state index contributed by atoms with van der Waals surface area (Å²) in [5.41, 5.74) is 7.45. The van der Waals surface area contributed by atoms with Crippen molar-refractivity contribution in [3.63, 3.8) is 0 Å². The van der Waals surface area contributed by atoms with E-state index in [0.717, 1.165) is 42.7 Å². The van der Waals surface area contributed by atoms with Gasteiger partial charge in [0.05, 0.1) is 14.2 Å². The molecule has 1 aromatic carbocycles. The second-order valence-corrected chi connectivity index (χ2v) is 8.57. The largest absolute Gasteiger partial charge is 0.497 e. The number of fused-ring (bicyclic) bond motifs is 2. The van der Waals surface area contributed by atoms with Gasteiger partial charge in [0.2, 0.25) is 5.91 Å². The van der Waals surface area contributed by atoms with Gasteiger partial charge in [0.1, 0.15) is 11.5 Å². The third-order valence-corrected chi connectivity index (χ3v) is 6.86. The number of methoxy groups -OCH3 is 2. The molecule has 2 N–H and O–H groups in total. The molecule has 2 unspecified atom stereocenters. The van der Waals surface area contributed by atoms with E-state index in [9.17, 15) is 4.79 Å². The molecule has 4 rings (SSSR count). The fraction of sp³-hybridized carbons (Fsp3) is 0.682. The van der Waals surface area contributed by atoms with Crippen molar-refractivity contribution in [1.82, 2.24) is 4.90 Å². The van der Waals surface area contributed by atoms with Crippen LogP contribution in [0.1, 0.15) is 50.5 Å². The van der Waals surface area contributed by atoms with Crippen molar-refractivity contribution in [2.75, 3.05) is 14.2 Å². The molecule has 2 bridgehead atoms. The van der Waals surface area contributed by atoms with Crippen LogP contribution in [0.2, 0.25) is 0 Å². The molecule has 3 aliphatic carbocycles. The average molecular weight is 409 g/mol. The lowest BCUT2D eigenvalue weighted by Gasteiger charge is -2.44. The van der Waals surface area contributed by atoms with Gasteiger partial charge in [-0.2, -0.15) is 0 Å². The maximum absolute atomic E-state index is 13.5. The maximum Gasteiger partial charge on any atom is 0.226 e. The van der Waals surface area contributed by atoms with Crippen LogP contribution < -0.4 is 15.2 Å². The van der Waals surface area contributed by atoms with Crippen molar-refractivity contribution in [2.24, 2.45) is 23.5 Å². The van der Waals surface area contributed by atoms with Gasteiger partial charge in [0, 0.05) is 30.1 Å². The van der Waals surface area contributed by atoms with Crippen LogP contribution in [-0.2, 0) is 11.3 Å². The van der Waals surface area contributed by atoms with Crippen molar-refractivity contribution >= 4 is 18.3 Å². The molecule has 3 saturated carbocycles. The fourth-order valence-electron chi connectivity index (χ4n) is 5.19. The van der Waals surface area contributed by atoms with Gasteiger partial charge in [-0.1, -0.05) is 6.42 Å². The number of hydrogen-bond acceptors (Lipinski definition) is 4. The third-order valence-electron chi connectivity index (χ3n) is 6.86. The zero-order valence-electron chi connectivity index (χ0n) is 16.9. The molecular formula is C22H33ClN2O3. The molecule has 0 aliphatic heterocycles. The summed E-state index contributed by atoms with van der Waals surface area (Å²) in [6, 6.07) is 6.50. The Kier molecular flexibility index (Phi) is 6.77. The van der Waals surface area contributed by atoms with Crippen LogP contribution in [0.25, 0.3) is 0 Å². The Balaban J connectivity index is 0.00000225. The van der Waals surface area contributed by atoms with Crippen LogP contribution in [0, 0.1) is 17.8 Å². The van der Waals surface area contributed by atoms with Crippen LogP contribution in [-0.4, -0.2) is 37.1 Å². The summed E-state index contributed by atoms with van der Waals surface area (Å²) < 4.78 is 10.9. The van der Waals surface area contributed by atoms with Gasteiger partial charge in [0.25, 0.3) is 0 Å².